The molecule has 3 atom stereocenters. The number of aliphatic hydroxyl groups excluding tert-OH is 1. The van der Waals surface area contributed by atoms with E-state index in [1.165, 1.54) is 38.9 Å². The number of piperidine rings is 1. The van der Waals surface area contributed by atoms with E-state index in [4.69, 9.17) is 0 Å². The standard InChI is InChI=1S/C17H35N3O/c1-14(2)18-17(4,13-21)8-10-19-12-16-7-5-6-9-20(16)11-15(19)3/h14-16,18,21H,5-13H2,1-4H3. The monoisotopic (exact) mass is 297 g/mol. The van der Waals surface area contributed by atoms with Gasteiger partial charge in [0.05, 0.1) is 6.61 Å². The van der Waals surface area contributed by atoms with Gasteiger partial charge in [0, 0.05) is 43.3 Å². The summed E-state index contributed by atoms with van der Waals surface area (Å²) < 4.78 is 0. The molecule has 2 fully saturated rings. The average molecular weight is 297 g/mol. The van der Waals surface area contributed by atoms with Gasteiger partial charge in [0.25, 0.3) is 0 Å². The maximum Gasteiger partial charge on any atom is 0.0611 e. The van der Waals surface area contributed by atoms with E-state index < -0.39 is 0 Å². The van der Waals surface area contributed by atoms with E-state index in [2.05, 4.69) is 42.8 Å². The van der Waals surface area contributed by atoms with Gasteiger partial charge in [-0.15, -0.1) is 0 Å². The van der Waals surface area contributed by atoms with Crippen molar-refractivity contribution < 1.29 is 5.11 Å². The lowest BCUT2D eigenvalue weighted by Gasteiger charge is -2.48. The number of hydrogen-bond acceptors (Lipinski definition) is 4. The lowest BCUT2D eigenvalue weighted by Crippen LogP contribution is -2.60. The van der Waals surface area contributed by atoms with Crippen molar-refractivity contribution in [2.75, 3.05) is 32.8 Å². The molecule has 0 bridgehead atoms. The molecule has 0 spiro atoms. The Hall–Kier alpha value is -0.160. The third-order valence-electron chi connectivity index (χ3n) is 5.25. The van der Waals surface area contributed by atoms with Crippen LogP contribution in [0.1, 0.15) is 53.4 Å². The zero-order valence-electron chi connectivity index (χ0n) is 14.4. The highest BCUT2D eigenvalue weighted by molar-refractivity contribution is 4.91. The molecule has 2 saturated heterocycles. The molecule has 0 radical (unpaired) electrons. The Kier molecular flexibility index (Phi) is 6.06. The minimum atomic E-state index is -0.155. The number of nitrogens with one attached hydrogen (secondary N) is 1. The predicted molar refractivity (Wildman–Crippen MR) is 88.6 cm³/mol. The quantitative estimate of drug-likeness (QED) is 0.782. The maximum atomic E-state index is 9.73. The van der Waals surface area contributed by atoms with Crippen molar-refractivity contribution in [3.8, 4) is 0 Å². The Labute approximate surface area is 130 Å². The summed E-state index contributed by atoms with van der Waals surface area (Å²) >= 11 is 0. The summed E-state index contributed by atoms with van der Waals surface area (Å²) in [5.41, 5.74) is -0.155. The summed E-state index contributed by atoms with van der Waals surface area (Å²) in [6.07, 6.45) is 5.15. The van der Waals surface area contributed by atoms with E-state index in [0.717, 1.165) is 19.0 Å². The number of nitrogens with zero attached hydrogens (tertiary/aromatic N) is 2. The summed E-state index contributed by atoms with van der Waals surface area (Å²) in [6, 6.07) is 1.82. The van der Waals surface area contributed by atoms with E-state index in [1.807, 2.05) is 0 Å². The van der Waals surface area contributed by atoms with Crippen molar-refractivity contribution in [3.05, 3.63) is 0 Å². The van der Waals surface area contributed by atoms with Gasteiger partial charge in [0.15, 0.2) is 0 Å². The van der Waals surface area contributed by atoms with Gasteiger partial charge < -0.3 is 10.4 Å². The molecule has 0 aromatic heterocycles. The molecule has 0 aliphatic carbocycles. The smallest absolute Gasteiger partial charge is 0.0611 e. The first-order valence-corrected chi connectivity index (χ1v) is 8.80. The van der Waals surface area contributed by atoms with Crippen molar-refractivity contribution in [3.63, 3.8) is 0 Å². The molecule has 2 N–H and O–H groups in total. The summed E-state index contributed by atoms with van der Waals surface area (Å²) in [5.74, 6) is 0. The predicted octanol–water partition coefficient (Wildman–Crippen LogP) is 1.68. The first kappa shape index (κ1) is 17.2. The van der Waals surface area contributed by atoms with E-state index in [0.29, 0.717) is 12.1 Å². The van der Waals surface area contributed by atoms with Crippen molar-refractivity contribution in [2.24, 2.45) is 0 Å². The second-order valence-corrected chi connectivity index (χ2v) is 7.76. The highest BCUT2D eigenvalue weighted by Gasteiger charge is 2.34. The molecule has 2 aliphatic heterocycles. The molecule has 0 aromatic rings. The molecular formula is C17H35N3O. The molecule has 2 aliphatic rings. The molecule has 2 heterocycles. The number of fused-ring (bicyclic) bond motifs is 1. The van der Waals surface area contributed by atoms with Gasteiger partial charge >= 0.3 is 0 Å². The van der Waals surface area contributed by atoms with E-state index in [9.17, 15) is 5.11 Å². The molecule has 3 unspecified atom stereocenters. The fourth-order valence-electron chi connectivity index (χ4n) is 4.01. The zero-order chi connectivity index (χ0) is 15.5. The average Bonchev–Trinajstić information content (AvgIpc) is 2.44. The fourth-order valence-corrected chi connectivity index (χ4v) is 4.01. The minimum absolute atomic E-state index is 0.155. The normalized spacial score (nSPS) is 31.1. The molecule has 4 heteroatoms. The largest absolute Gasteiger partial charge is 0.394 e. The first-order valence-electron chi connectivity index (χ1n) is 8.80. The zero-order valence-corrected chi connectivity index (χ0v) is 14.4. The second kappa shape index (κ2) is 7.40. The van der Waals surface area contributed by atoms with Gasteiger partial charge in [-0.05, 0) is 39.7 Å². The van der Waals surface area contributed by atoms with Crippen LogP contribution in [-0.4, -0.2) is 71.4 Å². The number of hydrogen-bond donors (Lipinski definition) is 2. The maximum absolute atomic E-state index is 9.73. The Morgan fingerprint density at radius 2 is 2.05 bits per heavy atom. The third-order valence-corrected chi connectivity index (χ3v) is 5.25. The summed E-state index contributed by atoms with van der Waals surface area (Å²) in [7, 11) is 0. The number of rotatable bonds is 6. The molecule has 0 amide bonds. The van der Waals surface area contributed by atoms with Crippen LogP contribution in [0.4, 0.5) is 0 Å². The Balaban J connectivity index is 1.86. The molecule has 124 valence electrons. The molecule has 4 nitrogen and oxygen atoms in total. The SMILES string of the molecule is CC(C)NC(C)(CO)CCN1CC2CCCCN2CC1C. The van der Waals surface area contributed by atoms with E-state index >= 15 is 0 Å². The number of piperazine rings is 1. The first-order chi connectivity index (χ1) is 9.93. The van der Waals surface area contributed by atoms with Crippen molar-refractivity contribution >= 4 is 0 Å². The summed E-state index contributed by atoms with van der Waals surface area (Å²) in [4.78, 5) is 5.34. The van der Waals surface area contributed by atoms with Crippen LogP contribution in [0.5, 0.6) is 0 Å². The molecule has 2 rings (SSSR count). The van der Waals surface area contributed by atoms with Crippen LogP contribution in [0.3, 0.4) is 0 Å². The lowest BCUT2D eigenvalue weighted by atomic mass is 9.94. The van der Waals surface area contributed by atoms with Crippen molar-refractivity contribution in [1.82, 2.24) is 15.1 Å². The highest BCUT2D eigenvalue weighted by atomic mass is 16.3. The second-order valence-electron chi connectivity index (χ2n) is 7.76. The van der Waals surface area contributed by atoms with Crippen LogP contribution in [-0.2, 0) is 0 Å². The fraction of sp³-hybridized carbons (Fsp3) is 1.00. The van der Waals surface area contributed by atoms with Crippen LogP contribution in [0.25, 0.3) is 0 Å². The van der Waals surface area contributed by atoms with Crippen molar-refractivity contribution in [1.29, 1.82) is 0 Å². The van der Waals surface area contributed by atoms with Gasteiger partial charge in [0.2, 0.25) is 0 Å². The van der Waals surface area contributed by atoms with Gasteiger partial charge in [-0.2, -0.15) is 0 Å². The molecule has 21 heavy (non-hydrogen) atoms. The molecular weight excluding hydrogens is 262 g/mol. The Bertz CT molecular complexity index is 323. The van der Waals surface area contributed by atoms with Crippen molar-refractivity contribution in [2.45, 2.75) is 77.0 Å². The third kappa shape index (κ3) is 4.65. The topological polar surface area (TPSA) is 38.7 Å². The van der Waals surface area contributed by atoms with Crippen LogP contribution in [0.15, 0.2) is 0 Å². The summed E-state index contributed by atoms with van der Waals surface area (Å²) in [6.45, 7) is 13.8. The van der Waals surface area contributed by atoms with Gasteiger partial charge in [-0.1, -0.05) is 20.3 Å². The number of aliphatic hydroxyl groups is 1. The van der Waals surface area contributed by atoms with E-state index in [-0.39, 0.29) is 12.1 Å². The van der Waals surface area contributed by atoms with Crippen LogP contribution in [0.2, 0.25) is 0 Å². The van der Waals surface area contributed by atoms with Crippen LogP contribution < -0.4 is 5.32 Å². The minimum Gasteiger partial charge on any atom is -0.394 e. The van der Waals surface area contributed by atoms with Gasteiger partial charge in [0.1, 0.15) is 0 Å². The highest BCUT2D eigenvalue weighted by Crippen LogP contribution is 2.25. The van der Waals surface area contributed by atoms with Gasteiger partial charge in [-0.25, -0.2) is 0 Å². The van der Waals surface area contributed by atoms with Gasteiger partial charge in [-0.3, -0.25) is 9.80 Å². The van der Waals surface area contributed by atoms with Crippen LogP contribution in [0, 0.1) is 0 Å². The summed E-state index contributed by atoms with van der Waals surface area (Å²) in [5, 5.41) is 13.3. The Morgan fingerprint density at radius 1 is 1.29 bits per heavy atom. The van der Waals surface area contributed by atoms with E-state index in [1.54, 1.807) is 0 Å². The van der Waals surface area contributed by atoms with Crippen LogP contribution >= 0.6 is 0 Å². The lowest BCUT2D eigenvalue weighted by molar-refractivity contribution is 0.00868. The Morgan fingerprint density at radius 3 is 2.71 bits per heavy atom. The molecule has 0 saturated carbocycles. The molecule has 0 aromatic carbocycles.